The molecule has 2 amide bonds. The Bertz CT molecular complexity index is 1210. The number of phenols is 1. The smallest absolute Gasteiger partial charge is 0.455 e. The molecule has 188 valence electrons. The summed E-state index contributed by atoms with van der Waals surface area (Å²) in [5.41, 5.74) is 4.17. The predicted octanol–water partition coefficient (Wildman–Crippen LogP) is 5.04. The van der Waals surface area contributed by atoms with Crippen LogP contribution in [0, 0.1) is 17.8 Å². The first-order chi connectivity index (χ1) is 17.4. The van der Waals surface area contributed by atoms with Crippen LogP contribution < -0.4 is 0 Å². The molecule has 0 unspecified atom stereocenters. The fourth-order valence-electron chi connectivity index (χ4n) is 6.20. The fraction of sp³-hybridized carbons (Fsp3) is 0.429. The summed E-state index contributed by atoms with van der Waals surface area (Å²) in [4.78, 5) is 29.2. The Balaban J connectivity index is 1.37. The SMILES string of the molecule is CC/C(=C\c1ccccc1O)CC[C@H]1OB(O)C[C@H]2C1=C(C)C[C@H]1C(=O)N(Cc3cccs3)C(=O)[C@H]12. The largest absolute Gasteiger partial charge is 0.507 e. The van der Waals surface area contributed by atoms with Crippen molar-refractivity contribution in [3.63, 3.8) is 0 Å². The zero-order valence-electron chi connectivity index (χ0n) is 20.7. The zero-order chi connectivity index (χ0) is 25.4. The van der Waals surface area contributed by atoms with Crippen LogP contribution >= 0.6 is 11.3 Å². The highest BCUT2D eigenvalue weighted by molar-refractivity contribution is 7.09. The molecule has 3 heterocycles. The minimum absolute atomic E-state index is 0.0896. The van der Waals surface area contributed by atoms with E-state index in [1.165, 1.54) is 10.5 Å². The van der Waals surface area contributed by atoms with E-state index in [0.717, 1.165) is 34.4 Å². The quantitative estimate of drug-likeness (QED) is 0.313. The molecule has 2 aliphatic heterocycles. The number of aromatic hydroxyl groups is 1. The third-order valence-corrected chi connectivity index (χ3v) is 8.78. The van der Waals surface area contributed by atoms with Crippen LogP contribution in [0.15, 0.2) is 58.5 Å². The fourth-order valence-corrected chi connectivity index (χ4v) is 6.89. The first kappa shape index (κ1) is 25.0. The second-order valence-corrected chi connectivity index (χ2v) is 11.1. The Kier molecular flexibility index (Phi) is 7.19. The molecule has 2 aromatic rings. The number of phenolic OH excluding ortho intramolecular Hbond substituents is 1. The molecule has 8 heteroatoms. The van der Waals surface area contributed by atoms with Gasteiger partial charge in [-0.2, -0.15) is 0 Å². The van der Waals surface area contributed by atoms with Gasteiger partial charge in [-0.05, 0) is 67.9 Å². The molecule has 2 fully saturated rings. The van der Waals surface area contributed by atoms with Crippen LogP contribution in [0.5, 0.6) is 5.75 Å². The van der Waals surface area contributed by atoms with E-state index >= 15 is 0 Å². The van der Waals surface area contributed by atoms with Crippen molar-refractivity contribution < 1.29 is 24.4 Å². The Morgan fingerprint density at radius 3 is 2.72 bits per heavy atom. The van der Waals surface area contributed by atoms with Crippen molar-refractivity contribution in [2.75, 3.05) is 0 Å². The lowest BCUT2D eigenvalue weighted by molar-refractivity contribution is -0.140. The van der Waals surface area contributed by atoms with E-state index in [4.69, 9.17) is 4.65 Å². The molecule has 0 saturated carbocycles. The Labute approximate surface area is 216 Å². The minimum Gasteiger partial charge on any atom is -0.507 e. The summed E-state index contributed by atoms with van der Waals surface area (Å²) in [6.45, 7) is 4.46. The van der Waals surface area contributed by atoms with Crippen LogP contribution in [-0.4, -0.2) is 40.1 Å². The topological polar surface area (TPSA) is 87.1 Å². The van der Waals surface area contributed by atoms with Crippen LogP contribution in [0.1, 0.15) is 50.0 Å². The highest BCUT2D eigenvalue weighted by Gasteiger charge is 2.56. The van der Waals surface area contributed by atoms with Gasteiger partial charge in [-0.15, -0.1) is 11.3 Å². The van der Waals surface area contributed by atoms with Crippen molar-refractivity contribution in [1.29, 1.82) is 0 Å². The lowest BCUT2D eigenvalue weighted by Crippen LogP contribution is -2.46. The third-order valence-electron chi connectivity index (χ3n) is 7.92. The number of imide groups is 1. The van der Waals surface area contributed by atoms with E-state index in [-0.39, 0.29) is 35.5 Å². The molecule has 36 heavy (non-hydrogen) atoms. The van der Waals surface area contributed by atoms with Gasteiger partial charge >= 0.3 is 7.12 Å². The van der Waals surface area contributed by atoms with E-state index in [1.807, 2.05) is 42.6 Å². The number of nitrogens with zero attached hydrogens (tertiary/aromatic N) is 1. The Morgan fingerprint density at radius 2 is 2.00 bits per heavy atom. The van der Waals surface area contributed by atoms with Crippen molar-refractivity contribution in [1.82, 2.24) is 4.90 Å². The van der Waals surface area contributed by atoms with Crippen molar-refractivity contribution in [3.05, 3.63) is 68.9 Å². The molecule has 0 radical (unpaired) electrons. The summed E-state index contributed by atoms with van der Waals surface area (Å²) < 4.78 is 6.03. The second-order valence-electron chi connectivity index (χ2n) is 10.1. The molecule has 0 bridgehead atoms. The molecule has 2 saturated heterocycles. The van der Waals surface area contributed by atoms with Crippen LogP contribution in [0.3, 0.4) is 0 Å². The lowest BCUT2D eigenvalue weighted by Gasteiger charge is -2.42. The summed E-state index contributed by atoms with van der Waals surface area (Å²) in [6.07, 6.45) is 4.88. The summed E-state index contributed by atoms with van der Waals surface area (Å²) >= 11 is 1.55. The van der Waals surface area contributed by atoms with E-state index < -0.39 is 13.0 Å². The van der Waals surface area contributed by atoms with Crippen molar-refractivity contribution >= 4 is 36.3 Å². The Hall–Kier alpha value is -2.68. The number of para-hydroxylation sites is 1. The molecule has 0 spiro atoms. The minimum atomic E-state index is -0.961. The number of hydrogen-bond acceptors (Lipinski definition) is 6. The number of carbonyl (C=O) groups excluding carboxylic acids is 2. The maximum atomic E-state index is 13.5. The van der Waals surface area contributed by atoms with Gasteiger partial charge in [-0.25, -0.2) is 0 Å². The molecule has 5 rings (SSSR count). The molecule has 6 nitrogen and oxygen atoms in total. The summed E-state index contributed by atoms with van der Waals surface area (Å²) in [5, 5.41) is 22.8. The predicted molar refractivity (Wildman–Crippen MR) is 141 cm³/mol. The molecule has 4 atom stereocenters. The van der Waals surface area contributed by atoms with Crippen molar-refractivity contribution in [3.8, 4) is 5.75 Å². The van der Waals surface area contributed by atoms with Crippen molar-refractivity contribution in [2.45, 2.75) is 58.5 Å². The molecular formula is C28H32BNO5S. The van der Waals surface area contributed by atoms with Gasteiger partial charge < -0.3 is 14.8 Å². The van der Waals surface area contributed by atoms with Crippen LogP contribution in [-0.2, 0) is 20.8 Å². The van der Waals surface area contributed by atoms with E-state index in [9.17, 15) is 19.7 Å². The third kappa shape index (κ3) is 4.70. The normalized spacial score (nSPS) is 26.5. The second kappa shape index (κ2) is 10.4. The monoisotopic (exact) mass is 505 g/mol. The van der Waals surface area contributed by atoms with E-state index in [1.54, 1.807) is 23.5 Å². The molecule has 2 N–H and O–H groups in total. The number of fused-ring (bicyclic) bond motifs is 3. The number of amides is 2. The van der Waals surface area contributed by atoms with Gasteiger partial charge in [0.05, 0.1) is 24.5 Å². The first-order valence-corrected chi connectivity index (χ1v) is 13.6. The average Bonchev–Trinajstić information content (AvgIpc) is 3.45. The molecule has 1 aromatic carbocycles. The number of thiophene rings is 1. The number of carbonyl (C=O) groups is 2. The standard InChI is InChI=1S/C28H32BNO5S/c1-3-18(14-19-7-4-5-9-23(19)31)10-11-24-25-17(2)13-21-26(22(25)15-29(34)35-24)28(33)30(27(21)32)16-20-8-6-12-36-20/h4-9,12,14,21-22,24,26,31,34H,3,10-11,13,15-16H2,1-2H3/b18-14+/t21-,22+,24-,26-/m1/s1. The van der Waals surface area contributed by atoms with Gasteiger partial charge in [0.15, 0.2) is 0 Å². The first-order valence-electron chi connectivity index (χ1n) is 12.8. The number of likely N-dealkylation sites (tertiary alicyclic amines) is 1. The average molecular weight is 505 g/mol. The van der Waals surface area contributed by atoms with Crippen LogP contribution in [0.2, 0.25) is 6.32 Å². The van der Waals surface area contributed by atoms with Gasteiger partial charge in [-0.1, -0.05) is 48.4 Å². The van der Waals surface area contributed by atoms with Gasteiger partial charge in [-0.3, -0.25) is 14.5 Å². The highest BCUT2D eigenvalue weighted by atomic mass is 32.1. The van der Waals surface area contributed by atoms with Gasteiger partial charge in [0, 0.05) is 10.4 Å². The van der Waals surface area contributed by atoms with Crippen molar-refractivity contribution in [2.24, 2.45) is 17.8 Å². The molecule has 1 aromatic heterocycles. The van der Waals surface area contributed by atoms with E-state index in [2.05, 4.69) is 6.92 Å². The number of allylic oxidation sites excluding steroid dienone is 2. The number of hydrogen-bond donors (Lipinski definition) is 2. The zero-order valence-corrected chi connectivity index (χ0v) is 21.5. The molecule has 1 aliphatic carbocycles. The molecule has 3 aliphatic rings. The van der Waals surface area contributed by atoms with Crippen LogP contribution in [0.4, 0.5) is 0 Å². The maximum Gasteiger partial charge on any atom is 0.455 e. The van der Waals surface area contributed by atoms with Crippen LogP contribution in [0.25, 0.3) is 6.08 Å². The Morgan fingerprint density at radius 1 is 1.19 bits per heavy atom. The van der Waals surface area contributed by atoms with Gasteiger partial charge in [0.2, 0.25) is 11.8 Å². The summed E-state index contributed by atoms with van der Waals surface area (Å²) in [7, 11) is -0.961. The molecular weight excluding hydrogens is 473 g/mol. The summed E-state index contributed by atoms with van der Waals surface area (Å²) in [6, 6.07) is 11.2. The highest BCUT2D eigenvalue weighted by Crippen LogP contribution is 2.50. The van der Waals surface area contributed by atoms with Gasteiger partial charge in [0.25, 0.3) is 0 Å². The number of benzene rings is 1. The number of rotatable bonds is 7. The maximum absolute atomic E-state index is 13.5. The lowest BCUT2D eigenvalue weighted by atomic mass is 9.59. The van der Waals surface area contributed by atoms with Gasteiger partial charge in [0.1, 0.15) is 5.75 Å². The van der Waals surface area contributed by atoms with E-state index in [0.29, 0.717) is 25.7 Å². The summed E-state index contributed by atoms with van der Waals surface area (Å²) in [5.74, 6) is -0.928.